The molecule has 1 aromatic rings. The second-order valence-corrected chi connectivity index (χ2v) is 5.85. The summed E-state index contributed by atoms with van der Waals surface area (Å²) in [4.78, 5) is 10.5. The van der Waals surface area contributed by atoms with Crippen molar-refractivity contribution in [3.63, 3.8) is 0 Å². The smallest absolute Gasteiger partial charge is 0.295 e. The molecule has 1 aliphatic rings. The Morgan fingerprint density at radius 3 is 2.65 bits per heavy atom. The summed E-state index contributed by atoms with van der Waals surface area (Å²) in [5, 5.41) is 14.2. The summed E-state index contributed by atoms with van der Waals surface area (Å²) in [5.74, 6) is -0.565. The average molecular weight is 282 g/mol. The molecule has 1 N–H and O–H groups in total. The molecule has 0 aromatic heterocycles. The van der Waals surface area contributed by atoms with Crippen molar-refractivity contribution in [3.8, 4) is 0 Å². The molecule has 2 rings (SSSR count). The second-order valence-electron chi connectivity index (χ2n) is 5.85. The summed E-state index contributed by atoms with van der Waals surface area (Å²) >= 11 is 0. The molecule has 1 saturated carbocycles. The van der Waals surface area contributed by atoms with Gasteiger partial charge in [-0.25, -0.2) is 4.39 Å². The lowest BCUT2D eigenvalue weighted by Gasteiger charge is -2.51. The summed E-state index contributed by atoms with van der Waals surface area (Å²) in [6, 6.07) is 2.52. The van der Waals surface area contributed by atoms with E-state index in [2.05, 4.69) is 5.32 Å². The van der Waals surface area contributed by atoms with E-state index in [0.29, 0.717) is 11.3 Å². The van der Waals surface area contributed by atoms with Crippen LogP contribution in [0.15, 0.2) is 12.1 Å². The molecule has 5 nitrogen and oxygen atoms in total. The van der Waals surface area contributed by atoms with E-state index >= 15 is 0 Å². The van der Waals surface area contributed by atoms with Gasteiger partial charge in [-0.1, -0.05) is 13.8 Å². The van der Waals surface area contributed by atoms with Crippen LogP contribution in [-0.4, -0.2) is 24.2 Å². The molecule has 20 heavy (non-hydrogen) atoms. The second kappa shape index (κ2) is 5.01. The van der Waals surface area contributed by atoms with Crippen molar-refractivity contribution in [1.82, 2.24) is 0 Å². The lowest BCUT2D eigenvalue weighted by atomic mass is 9.64. The molecule has 0 radical (unpaired) electrons. The average Bonchev–Trinajstić information content (AvgIpc) is 2.37. The molecule has 0 aliphatic heterocycles. The Bertz CT molecular complexity index is 545. The SMILES string of the molecule is COC1CC(Nc2cc(C)c(F)cc2[N+](=O)[O-])C1(C)C. The van der Waals surface area contributed by atoms with Crippen molar-refractivity contribution in [2.75, 3.05) is 12.4 Å². The van der Waals surface area contributed by atoms with Gasteiger partial charge in [0, 0.05) is 18.6 Å². The molecule has 0 bridgehead atoms. The minimum atomic E-state index is -0.565. The van der Waals surface area contributed by atoms with Crippen LogP contribution in [0.5, 0.6) is 0 Å². The number of aryl methyl sites for hydroxylation is 1. The monoisotopic (exact) mass is 282 g/mol. The van der Waals surface area contributed by atoms with Crippen molar-refractivity contribution in [2.45, 2.75) is 39.3 Å². The number of nitrogens with one attached hydrogen (secondary N) is 1. The lowest BCUT2D eigenvalue weighted by Crippen LogP contribution is -2.57. The molecule has 110 valence electrons. The number of halogens is 1. The molecule has 1 aliphatic carbocycles. The minimum absolute atomic E-state index is 0.0658. The van der Waals surface area contributed by atoms with Crippen LogP contribution >= 0.6 is 0 Å². The summed E-state index contributed by atoms with van der Waals surface area (Å²) in [5.41, 5.74) is 0.398. The molecule has 0 heterocycles. The van der Waals surface area contributed by atoms with E-state index in [4.69, 9.17) is 4.74 Å². The van der Waals surface area contributed by atoms with Crippen LogP contribution in [0.3, 0.4) is 0 Å². The van der Waals surface area contributed by atoms with Gasteiger partial charge < -0.3 is 10.1 Å². The van der Waals surface area contributed by atoms with Crippen LogP contribution in [0.4, 0.5) is 15.8 Å². The van der Waals surface area contributed by atoms with Crippen LogP contribution in [-0.2, 0) is 4.74 Å². The van der Waals surface area contributed by atoms with E-state index in [0.717, 1.165) is 12.5 Å². The van der Waals surface area contributed by atoms with Crippen molar-refractivity contribution in [3.05, 3.63) is 33.6 Å². The number of ether oxygens (including phenoxy) is 1. The van der Waals surface area contributed by atoms with Crippen molar-refractivity contribution in [2.24, 2.45) is 5.41 Å². The number of rotatable bonds is 4. The Balaban J connectivity index is 2.26. The lowest BCUT2D eigenvalue weighted by molar-refractivity contribution is -0.384. The van der Waals surface area contributed by atoms with Gasteiger partial charge in [0.05, 0.1) is 17.1 Å². The Morgan fingerprint density at radius 1 is 1.50 bits per heavy atom. The van der Waals surface area contributed by atoms with E-state index in [-0.39, 0.29) is 23.2 Å². The Kier molecular flexibility index (Phi) is 3.69. The molecular weight excluding hydrogens is 263 g/mol. The number of methoxy groups -OCH3 is 1. The quantitative estimate of drug-likeness (QED) is 0.680. The van der Waals surface area contributed by atoms with Gasteiger partial charge in [0.2, 0.25) is 0 Å². The first kappa shape index (κ1) is 14.7. The molecule has 0 spiro atoms. The third-order valence-electron chi connectivity index (χ3n) is 4.27. The summed E-state index contributed by atoms with van der Waals surface area (Å²) in [6.07, 6.45) is 0.900. The summed E-state index contributed by atoms with van der Waals surface area (Å²) in [7, 11) is 1.66. The molecule has 0 saturated heterocycles. The minimum Gasteiger partial charge on any atom is -0.381 e. The van der Waals surface area contributed by atoms with Crippen LogP contribution in [0.2, 0.25) is 0 Å². The van der Waals surface area contributed by atoms with E-state index in [1.807, 2.05) is 13.8 Å². The van der Waals surface area contributed by atoms with E-state index in [1.165, 1.54) is 6.07 Å². The van der Waals surface area contributed by atoms with Crippen LogP contribution < -0.4 is 5.32 Å². The van der Waals surface area contributed by atoms with Gasteiger partial charge in [-0.2, -0.15) is 0 Å². The van der Waals surface area contributed by atoms with Gasteiger partial charge in [-0.05, 0) is 25.0 Å². The van der Waals surface area contributed by atoms with Gasteiger partial charge in [0.25, 0.3) is 5.69 Å². The number of nitrogens with zero attached hydrogens (tertiary/aromatic N) is 1. The van der Waals surface area contributed by atoms with Gasteiger partial charge in [0.1, 0.15) is 11.5 Å². The molecule has 1 fully saturated rings. The number of nitro groups is 1. The number of hydrogen-bond donors (Lipinski definition) is 1. The maximum Gasteiger partial charge on any atom is 0.295 e. The molecule has 6 heteroatoms. The third-order valence-corrected chi connectivity index (χ3v) is 4.27. The zero-order chi connectivity index (χ0) is 15.1. The fourth-order valence-corrected chi connectivity index (χ4v) is 2.66. The topological polar surface area (TPSA) is 64.4 Å². The van der Waals surface area contributed by atoms with E-state index < -0.39 is 10.7 Å². The first-order valence-corrected chi connectivity index (χ1v) is 6.51. The van der Waals surface area contributed by atoms with Gasteiger partial charge >= 0.3 is 0 Å². The van der Waals surface area contributed by atoms with Gasteiger partial charge in [0.15, 0.2) is 0 Å². The first-order valence-electron chi connectivity index (χ1n) is 6.51. The zero-order valence-electron chi connectivity index (χ0n) is 12.1. The number of benzene rings is 1. The fraction of sp³-hybridized carbons (Fsp3) is 0.571. The van der Waals surface area contributed by atoms with Crippen LogP contribution in [0, 0.1) is 28.3 Å². The summed E-state index contributed by atoms with van der Waals surface area (Å²) < 4.78 is 18.8. The number of anilines is 1. The van der Waals surface area contributed by atoms with E-state index in [1.54, 1.807) is 14.0 Å². The zero-order valence-corrected chi connectivity index (χ0v) is 12.1. The highest BCUT2D eigenvalue weighted by molar-refractivity contribution is 5.64. The normalized spacial score (nSPS) is 24.1. The van der Waals surface area contributed by atoms with Gasteiger partial charge in [-0.15, -0.1) is 0 Å². The highest BCUT2D eigenvalue weighted by Gasteiger charge is 2.49. The Morgan fingerprint density at radius 2 is 2.15 bits per heavy atom. The highest BCUT2D eigenvalue weighted by atomic mass is 19.1. The fourth-order valence-electron chi connectivity index (χ4n) is 2.66. The molecule has 2 unspecified atom stereocenters. The van der Waals surface area contributed by atoms with Crippen molar-refractivity contribution >= 4 is 11.4 Å². The van der Waals surface area contributed by atoms with Crippen molar-refractivity contribution < 1.29 is 14.1 Å². The molecule has 0 amide bonds. The Hall–Kier alpha value is -1.69. The van der Waals surface area contributed by atoms with Gasteiger partial charge in [-0.3, -0.25) is 10.1 Å². The predicted molar refractivity (Wildman–Crippen MR) is 74.4 cm³/mol. The molecular formula is C14H19FN2O3. The largest absolute Gasteiger partial charge is 0.381 e. The highest BCUT2D eigenvalue weighted by Crippen LogP contribution is 2.45. The predicted octanol–water partition coefficient (Wildman–Crippen LogP) is 3.27. The van der Waals surface area contributed by atoms with Crippen LogP contribution in [0.25, 0.3) is 0 Å². The first-order chi connectivity index (χ1) is 9.27. The molecule has 2 atom stereocenters. The maximum atomic E-state index is 13.5. The number of hydrogen-bond acceptors (Lipinski definition) is 4. The standard InChI is InChI=1S/C14H19FN2O3/c1-8-5-10(11(17(18)19)6-9(8)15)16-12-7-13(20-4)14(12,2)3/h5-6,12-13,16H,7H2,1-4H3. The third kappa shape index (κ3) is 2.35. The Labute approximate surface area is 117 Å². The van der Waals surface area contributed by atoms with E-state index in [9.17, 15) is 14.5 Å². The maximum absolute atomic E-state index is 13.5. The number of nitro benzene ring substituents is 1. The molecule has 1 aromatic carbocycles. The van der Waals surface area contributed by atoms with Crippen LogP contribution in [0.1, 0.15) is 25.8 Å². The summed E-state index contributed by atoms with van der Waals surface area (Å²) in [6.45, 7) is 5.68. The van der Waals surface area contributed by atoms with Crippen molar-refractivity contribution in [1.29, 1.82) is 0 Å².